The summed E-state index contributed by atoms with van der Waals surface area (Å²) in [7, 11) is 0. The first-order chi connectivity index (χ1) is 56.9. The maximum Gasteiger partial charge on any atom is 0.407 e. The molecule has 0 saturated carbocycles. The van der Waals surface area contributed by atoms with Gasteiger partial charge in [-0.05, 0) is 174 Å². The summed E-state index contributed by atoms with van der Waals surface area (Å²) in [6.45, 7) is 30.2. The summed E-state index contributed by atoms with van der Waals surface area (Å²) < 4.78 is 32.1. The van der Waals surface area contributed by atoms with Crippen LogP contribution in [0.3, 0.4) is 0 Å². The zero-order chi connectivity index (χ0) is 93.5. The van der Waals surface area contributed by atoms with Crippen LogP contribution in [0.25, 0.3) is 0 Å². The van der Waals surface area contributed by atoms with Crippen LogP contribution in [0.15, 0.2) is 30.3 Å². The number of aliphatic hydroxyl groups excluding tert-OH is 2. The summed E-state index contributed by atoms with van der Waals surface area (Å²) in [6, 6.07) is -9.63. The Kier molecular flexibility index (Phi) is 45.6. The Morgan fingerprint density at radius 2 is 0.829 bits per heavy atom. The van der Waals surface area contributed by atoms with Gasteiger partial charge in [-0.25, -0.2) is 24.0 Å². The number of ether oxygens (including phenoxy) is 6. The number of aliphatic hydroxyl groups is 2. The molecule has 1 saturated heterocycles. The van der Waals surface area contributed by atoms with E-state index < -0.39 is 266 Å². The van der Waals surface area contributed by atoms with Crippen LogP contribution in [0.5, 0.6) is 0 Å². The zero-order valence-electron chi connectivity index (χ0n) is 75.0. The second-order valence-corrected chi connectivity index (χ2v) is 35.3. The third-order valence-corrected chi connectivity index (χ3v) is 17.0. The molecular formula is C81H137N17O25. The molecule has 123 heavy (non-hydrogen) atoms. The lowest BCUT2D eigenvalue weighted by atomic mass is 10.00. The molecule has 0 unspecified atom stereocenters. The van der Waals surface area contributed by atoms with E-state index in [1.54, 1.807) is 162 Å². The third-order valence-electron chi connectivity index (χ3n) is 17.0. The number of alkyl carbamates (subject to hydrolysis) is 5. The van der Waals surface area contributed by atoms with Crippen molar-refractivity contribution in [2.75, 3.05) is 59.0 Å². The van der Waals surface area contributed by atoms with Crippen molar-refractivity contribution in [1.82, 2.24) is 90.4 Å². The molecular weight excluding hydrogens is 1610 g/mol. The predicted octanol–water partition coefficient (Wildman–Crippen LogP) is 0.158. The molecule has 19 N–H and O–H groups in total. The molecule has 0 bridgehead atoms. The second-order valence-electron chi connectivity index (χ2n) is 35.3. The van der Waals surface area contributed by atoms with Gasteiger partial charge in [-0.15, -0.1) is 0 Å². The summed E-state index contributed by atoms with van der Waals surface area (Å²) in [4.78, 5) is 240. The molecule has 696 valence electrons. The number of rotatable bonds is 35. The fourth-order valence-electron chi connectivity index (χ4n) is 11.2. The van der Waals surface area contributed by atoms with E-state index in [1.165, 1.54) is 0 Å². The number of carbonyl (C=O) groups excluding carboxylic acids is 17. The first-order valence-corrected chi connectivity index (χ1v) is 41.3. The molecule has 1 aliphatic rings. The van der Waals surface area contributed by atoms with Crippen LogP contribution in [0.4, 0.5) is 24.0 Å². The smallest absolute Gasteiger partial charge is 0.407 e. The highest BCUT2D eigenvalue weighted by molar-refractivity contribution is 5.99. The van der Waals surface area contributed by atoms with Gasteiger partial charge in [0.05, 0.1) is 18.1 Å². The summed E-state index contributed by atoms with van der Waals surface area (Å²) in [6.07, 6.45) is -12.0. The lowest BCUT2D eigenvalue weighted by Crippen LogP contribution is -2.62. The van der Waals surface area contributed by atoms with Crippen molar-refractivity contribution < 1.29 is 120 Å². The van der Waals surface area contributed by atoms with E-state index in [0.717, 1.165) is 13.8 Å². The van der Waals surface area contributed by atoms with Crippen molar-refractivity contribution >= 4 is 101 Å². The van der Waals surface area contributed by atoms with Gasteiger partial charge in [-0.2, -0.15) is 0 Å². The highest BCUT2D eigenvalue weighted by atomic mass is 16.6. The summed E-state index contributed by atoms with van der Waals surface area (Å²) in [5, 5.41) is 65.8. The monoisotopic (exact) mass is 1750 g/mol. The SMILES string of the molecule is CC(C)C[C@@H]1NC(=O)[C@@H](Cc2ccccc2)NC(=O)[C@H](CCNC(=O)OC(C)(C)C)NC(=O)[C@@H](NC(=O)[C@H](CCNC(=O)OC(C)(C)C)NC(=O)[C@@H](NC(=O)[C@H](CCNC(=O)OC(C)(C)C)NC(=O)CCNCCOC(=O)C(C)C)[C@@H](C)O)CCNC(=O)[C@H]([C@@H](C)O)NC(=O)[C@H](CCNC(=O)OC(C)(C)C)NC(=O)[C@H](CCNC(=O)OC(C)(C)C)NC1=O. The van der Waals surface area contributed by atoms with Crippen LogP contribution in [-0.4, -0.2) is 271 Å². The number of hydrogen-bond donors (Lipinski definition) is 19. The average Bonchev–Trinajstić information content (AvgIpc) is 1.38. The van der Waals surface area contributed by atoms with E-state index in [-0.39, 0.29) is 64.4 Å². The van der Waals surface area contributed by atoms with E-state index in [9.17, 15) is 72.5 Å². The largest absolute Gasteiger partial charge is 0.464 e. The van der Waals surface area contributed by atoms with Crippen LogP contribution in [0, 0.1) is 11.8 Å². The highest BCUT2D eigenvalue weighted by Crippen LogP contribution is 2.16. The van der Waals surface area contributed by atoms with Gasteiger partial charge >= 0.3 is 36.4 Å². The first kappa shape index (κ1) is 108. The first-order valence-electron chi connectivity index (χ1n) is 41.3. The minimum Gasteiger partial charge on any atom is -0.464 e. The fraction of sp³-hybridized carbons (Fsp3) is 0.716. The Hall–Kier alpha value is -10.9. The van der Waals surface area contributed by atoms with E-state index in [1.807, 2.05) is 0 Å². The fourth-order valence-corrected chi connectivity index (χ4v) is 11.2. The zero-order valence-corrected chi connectivity index (χ0v) is 75.0. The molecule has 16 amide bonds. The summed E-state index contributed by atoms with van der Waals surface area (Å²) >= 11 is 0. The van der Waals surface area contributed by atoms with Crippen molar-refractivity contribution in [3.8, 4) is 0 Å². The van der Waals surface area contributed by atoms with Crippen LogP contribution < -0.4 is 90.4 Å². The number of amides is 16. The Morgan fingerprint density at radius 1 is 0.439 bits per heavy atom. The number of hydrogen-bond acceptors (Lipinski definition) is 26. The Morgan fingerprint density at radius 3 is 1.24 bits per heavy atom. The maximum atomic E-state index is 15.4. The molecule has 1 aromatic carbocycles. The Labute approximate surface area is 719 Å². The molecule has 1 aliphatic heterocycles. The summed E-state index contributed by atoms with van der Waals surface area (Å²) in [5.74, 6) is -13.4. The predicted molar refractivity (Wildman–Crippen MR) is 447 cm³/mol. The normalized spacial score (nSPS) is 19.5. The summed E-state index contributed by atoms with van der Waals surface area (Å²) in [5.41, 5.74) is -4.58. The molecule has 0 spiro atoms. The Bertz CT molecular complexity index is 3680. The van der Waals surface area contributed by atoms with Crippen molar-refractivity contribution in [3.05, 3.63) is 35.9 Å². The number of carbonyl (C=O) groups is 17. The van der Waals surface area contributed by atoms with E-state index >= 15 is 19.2 Å². The Balaban J connectivity index is 3.09. The molecule has 42 heteroatoms. The molecule has 1 fully saturated rings. The topological polar surface area (TPSA) is 591 Å². The minimum absolute atomic E-state index is 0.0155. The lowest BCUT2D eigenvalue weighted by Gasteiger charge is -2.29. The van der Waals surface area contributed by atoms with Gasteiger partial charge in [0.1, 0.15) is 95.0 Å². The standard InChI is InChI=1S/C81H137N17O25/c1-45(2)43-56-67(108)93-52(29-37-85-73(114)120-78(10,11)12)62(103)92-55(32-40-88-76(117)123-81(19,20)21)66(107)97-59(47(5)99)69(110)83-35-27-51(61(102)91-53(30-38-86-74(115)121-79(13,14)15)64(105)96-57(68(109)95-56)44-49-25-23-22-24-26-49)90-63(104)54(31-39-87-75(116)122-80(16,17)18)94-70(111)60(48(6)100)98-65(106)50(28-36-84-72(113)119-77(7,8)9)89-58(101)33-34-82-41-42-118-71(112)46(3)4/h22-26,45-48,50-57,59-60,82,99-100H,27-44H2,1-21H3,(H,83,110)(H,84,113)(H,85,114)(H,86,115)(H,87,116)(H,88,117)(H,89,101)(H,90,104)(H,91,102)(H,92,103)(H,93,108)(H,94,111)(H,95,109)(H,96,105)(H,97,107)(H,98,106)/t47-,48-,50+,51+,52+,53+,54+,55+,56+,57-,59+,60+/m1/s1. The quantitative estimate of drug-likeness (QED) is 0.0244. The molecule has 0 radical (unpaired) electrons. The van der Waals surface area contributed by atoms with Gasteiger partial charge in [-0.1, -0.05) is 58.0 Å². The van der Waals surface area contributed by atoms with Crippen molar-refractivity contribution in [1.29, 1.82) is 0 Å². The molecule has 2 rings (SSSR count). The lowest BCUT2D eigenvalue weighted by molar-refractivity contribution is -0.147. The minimum atomic E-state index is -2.00. The van der Waals surface area contributed by atoms with Gasteiger partial charge in [0.15, 0.2) is 0 Å². The van der Waals surface area contributed by atoms with Gasteiger partial charge in [0.2, 0.25) is 65.0 Å². The molecule has 0 aromatic heterocycles. The van der Waals surface area contributed by atoms with Crippen LogP contribution in [-0.2, 0) is 92.4 Å². The van der Waals surface area contributed by atoms with Crippen LogP contribution in [0.1, 0.15) is 202 Å². The maximum absolute atomic E-state index is 15.4. The third kappa shape index (κ3) is 47.4. The highest BCUT2D eigenvalue weighted by Gasteiger charge is 2.39. The second kappa shape index (κ2) is 51.9. The van der Waals surface area contributed by atoms with E-state index in [0.29, 0.717) is 5.56 Å². The van der Waals surface area contributed by atoms with Crippen molar-refractivity contribution in [3.63, 3.8) is 0 Å². The van der Waals surface area contributed by atoms with E-state index in [2.05, 4.69) is 90.4 Å². The number of esters is 1. The molecule has 42 nitrogen and oxygen atoms in total. The van der Waals surface area contributed by atoms with Gasteiger partial charge in [0.25, 0.3) is 0 Å². The van der Waals surface area contributed by atoms with Gasteiger partial charge in [0, 0.05) is 65.2 Å². The molecule has 1 heterocycles. The van der Waals surface area contributed by atoms with Crippen molar-refractivity contribution in [2.45, 2.75) is 304 Å². The van der Waals surface area contributed by atoms with Gasteiger partial charge < -0.3 is 129 Å². The van der Waals surface area contributed by atoms with E-state index in [4.69, 9.17) is 28.4 Å². The number of benzene rings is 1. The number of nitrogens with one attached hydrogen (secondary N) is 17. The molecule has 12 atom stereocenters. The van der Waals surface area contributed by atoms with Crippen LogP contribution >= 0.6 is 0 Å². The molecule has 0 aliphatic carbocycles. The van der Waals surface area contributed by atoms with Crippen LogP contribution in [0.2, 0.25) is 0 Å². The average molecular weight is 1750 g/mol. The molecule has 1 aromatic rings. The van der Waals surface area contributed by atoms with Crippen molar-refractivity contribution in [2.24, 2.45) is 11.8 Å². The van der Waals surface area contributed by atoms with Gasteiger partial charge in [-0.3, -0.25) is 57.5 Å².